The minimum atomic E-state index is -1.44. The Bertz CT molecular complexity index is 1470. The Balaban J connectivity index is 1.64. The van der Waals surface area contributed by atoms with Gasteiger partial charge in [0.15, 0.2) is 5.43 Å². The summed E-state index contributed by atoms with van der Waals surface area (Å²) in [4.78, 5) is 48.7. The van der Waals surface area contributed by atoms with Crippen molar-refractivity contribution in [2.45, 2.75) is 6.10 Å². The quantitative estimate of drug-likeness (QED) is 0.237. The largest absolute Gasteiger partial charge is 0.449 e. The number of para-hydroxylation sites is 1. The molecular weight excluding hydrogens is 464 g/mol. The molecule has 1 unspecified atom stereocenters. The third-order valence-corrected chi connectivity index (χ3v) is 5.13. The average Bonchev–Trinajstić information content (AvgIpc) is 2.83. The molecule has 4 aromatic rings. The number of halogens is 1. The molecule has 1 atom stereocenters. The first-order valence-electron chi connectivity index (χ1n) is 9.87. The van der Waals surface area contributed by atoms with Crippen molar-refractivity contribution in [1.82, 2.24) is 0 Å². The lowest BCUT2D eigenvalue weighted by Gasteiger charge is -2.18. The average molecular weight is 479 g/mol. The maximum absolute atomic E-state index is 13.0. The molecule has 170 valence electrons. The van der Waals surface area contributed by atoms with Crippen LogP contribution in [0.3, 0.4) is 0 Å². The molecule has 10 heteroatoms. The van der Waals surface area contributed by atoms with Gasteiger partial charge in [0.05, 0.1) is 10.3 Å². The number of carbonyl (C=O) groups is 2. The molecule has 34 heavy (non-hydrogen) atoms. The summed E-state index contributed by atoms with van der Waals surface area (Å²) in [5, 5.41) is 13.8. The number of rotatable bonds is 6. The molecule has 4 rings (SSSR count). The summed E-state index contributed by atoms with van der Waals surface area (Å²) >= 11 is 5.82. The van der Waals surface area contributed by atoms with E-state index in [0.717, 1.165) is 12.1 Å². The van der Waals surface area contributed by atoms with Gasteiger partial charge in [0, 0.05) is 23.4 Å². The van der Waals surface area contributed by atoms with Crippen molar-refractivity contribution in [3.63, 3.8) is 0 Å². The van der Waals surface area contributed by atoms with Gasteiger partial charge in [0.2, 0.25) is 11.9 Å². The Kier molecular flexibility index (Phi) is 6.37. The number of nitrogens with zero attached hydrogens (tertiary/aromatic N) is 1. The number of benzene rings is 3. The summed E-state index contributed by atoms with van der Waals surface area (Å²) in [6.07, 6.45) is -1.44. The first-order valence-corrected chi connectivity index (χ1v) is 10.2. The molecule has 0 aliphatic rings. The highest BCUT2D eigenvalue weighted by Crippen LogP contribution is 2.29. The topological polar surface area (TPSA) is 129 Å². The Morgan fingerprint density at radius 2 is 1.71 bits per heavy atom. The number of amides is 1. The molecule has 0 spiro atoms. The fourth-order valence-electron chi connectivity index (χ4n) is 3.21. The fraction of sp³-hybridized carbons (Fsp3) is 0.0417. The number of ether oxygens (including phenoxy) is 1. The number of hydrogen-bond donors (Lipinski definition) is 1. The number of esters is 1. The predicted molar refractivity (Wildman–Crippen MR) is 124 cm³/mol. The van der Waals surface area contributed by atoms with Crippen LogP contribution in [0.25, 0.3) is 11.0 Å². The predicted octanol–water partition coefficient (Wildman–Crippen LogP) is 4.89. The zero-order valence-corrected chi connectivity index (χ0v) is 18.0. The third-order valence-electron chi connectivity index (χ3n) is 4.81. The van der Waals surface area contributed by atoms with Crippen LogP contribution in [0.1, 0.15) is 22.2 Å². The lowest BCUT2D eigenvalue weighted by molar-refractivity contribution is -0.384. The van der Waals surface area contributed by atoms with Gasteiger partial charge < -0.3 is 14.5 Å². The van der Waals surface area contributed by atoms with Gasteiger partial charge in [-0.3, -0.25) is 19.7 Å². The summed E-state index contributed by atoms with van der Waals surface area (Å²) in [5.41, 5.74) is -0.236. The van der Waals surface area contributed by atoms with Crippen LogP contribution in [0.4, 0.5) is 11.4 Å². The lowest BCUT2D eigenvalue weighted by Crippen LogP contribution is -2.26. The van der Waals surface area contributed by atoms with E-state index in [2.05, 4.69) is 5.32 Å². The number of hydrogen-bond acceptors (Lipinski definition) is 7. The molecule has 0 radical (unpaired) electrons. The van der Waals surface area contributed by atoms with Crippen molar-refractivity contribution < 1.29 is 23.7 Å². The van der Waals surface area contributed by atoms with E-state index in [1.54, 1.807) is 48.5 Å². The molecule has 9 nitrogen and oxygen atoms in total. The molecule has 0 bridgehead atoms. The molecule has 1 N–H and O–H groups in total. The van der Waals surface area contributed by atoms with E-state index in [9.17, 15) is 24.5 Å². The van der Waals surface area contributed by atoms with Gasteiger partial charge in [-0.05, 0) is 24.3 Å². The van der Waals surface area contributed by atoms with Crippen molar-refractivity contribution in [3.8, 4) is 0 Å². The highest BCUT2D eigenvalue weighted by atomic mass is 35.5. The van der Waals surface area contributed by atoms with Gasteiger partial charge in [-0.1, -0.05) is 54.1 Å². The van der Waals surface area contributed by atoms with E-state index in [1.807, 2.05) is 0 Å². The third kappa shape index (κ3) is 4.79. The van der Waals surface area contributed by atoms with E-state index in [4.69, 9.17) is 20.8 Å². The van der Waals surface area contributed by atoms with Gasteiger partial charge in [-0.15, -0.1) is 0 Å². The summed E-state index contributed by atoms with van der Waals surface area (Å²) in [6, 6.07) is 19.3. The maximum atomic E-state index is 13.0. The first-order chi connectivity index (χ1) is 16.3. The monoisotopic (exact) mass is 478 g/mol. The van der Waals surface area contributed by atoms with Crippen LogP contribution in [0.15, 0.2) is 88.1 Å². The van der Waals surface area contributed by atoms with E-state index in [1.165, 1.54) is 18.2 Å². The van der Waals surface area contributed by atoms with E-state index in [0.29, 0.717) is 10.9 Å². The van der Waals surface area contributed by atoms with Crippen LogP contribution in [-0.4, -0.2) is 16.8 Å². The Hall–Kier alpha value is -4.50. The normalized spacial score (nSPS) is 11.6. The molecule has 0 fully saturated rings. The second-order valence-corrected chi connectivity index (χ2v) is 7.49. The molecule has 1 amide bonds. The molecule has 1 heterocycles. The van der Waals surface area contributed by atoms with E-state index < -0.39 is 34.0 Å². The second-order valence-electron chi connectivity index (χ2n) is 7.08. The first kappa shape index (κ1) is 22.7. The van der Waals surface area contributed by atoms with Crippen LogP contribution in [0.5, 0.6) is 0 Å². The second kappa shape index (κ2) is 9.55. The van der Waals surface area contributed by atoms with Crippen molar-refractivity contribution in [2.75, 3.05) is 5.32 Å². The van der Waals surface area contributed by atoms with Crippen LogP contribution in [0, 0.1) is 10.1 Å². The molecule has 3 aromatic carbocycles. The standard InChI is InChI=1S/C24H15ClN2O7/c25-17-11-10-15(12-18(17)27(31)32)26-23(29)22(14-6-2-1-3-7-14)34-24(30)21-13-19(28)16-8-4-5-9-20(16)33-21/h1-13,22H,(H,26,29). The van der Waals surface area contributed by atoms with E-state index in [-0.39, 0.29) is 22.1 Å². The van der Waals surface area contributed by atoms with Crippen molar-refractivity contribution in [1.29, 1.82) is 0 Å². The fourth-order valence-corrected chi connectivity index (χ4v) is 3.40. The molecule has 0 saturated carbocycles. The maximum Gasteiger partial charge on any atom is 0.375 e. The van der Waals surface area contributed by atoms with Gasteiger partial charge in [-0.25, -0.2) is 4.79 Å². The Labute approximate surface area is 196 Å². The number of nitro groups is 1. The van der Waals surface area contributed by atoms with Crippen molar-refractivity contribution in [2.24, 2.45) is 0 Å². The zero-order valence-electron chi connectivity index (χ0n) is 17.3. The lowest BCUT2D eigenvalue weighted by atomic mass is 10.1. The highest BCUT2D eigenvalue weighted by Gasteiger charge is 2.28. The Morgan fingerprint density at radius 3 is 2.44 bits per heavy atom. The summed E-state index contributed by atoms with van der Waals surface area (Å²) in [5.74, 6) is -2.19. The van der Waals surface area contributed by atoms with Gasteiger partial charge >= 0.3 is 5.97 Å². The molecule has 1 aromatic heterocycles. The molecular formula is C24H15ClN2O7. The highest BCUT2D eigenvalue weighted by molar-refractivity contribution is 6.32. The number of fused-ring (bicyclic) bond motifs is 1. The Morgan fingerprint density at radius 1 is 1.00 bits per heavy atom. The van der Waals surface area contributed by atoms with Crippen molar-refractivity contribution in [3.05, 3.63) is 116 Å². The van der Waals surface area contributed by atoms with Crippen molar-refractivity contribution >= 4 is 45.8 Å². The smallest absolute Gasteiger partial charge is 0.375 e. The molecule has 0 aliphatic carbocycles. The number of nitro benzene ring substituents is 1. The number of anilines is 1. The van der Waals surface area contributed by atoms with Gasteiger partial charge in [-0.2, -0.15) is 0 Å². The summed E-state index contributed by atoms with van der Waals surface area (Å²) < 4.78 is 10.9. The van der Waals surface area contributed by atoms with E-state index >= 15 is 0 Å². The molecule has 0 aliphatic heterocycles. The zero-order chi connectivity index (χ0) is 24.2. The van der Waals surface area contributed by atoms with Gasteiger partial charge in [0.25, 0.3) is 11.6 Å². The minimum absolute atomic E-state index is 0.0790. The SMILES string of the molecule is O=C(OC(C(=O)Nc1ccc(Cl)c([N+](=O)[O-])c1)c1ccccc1)c1cc(=O)c2ccccc2o1. The number of carbonyl (C=O) groups excluding carboxylic acids is 2. The van der Waals surface area contributed by atoms with Crippen LogP contribution in [0.2, 0.25) is 5.02 Å². The van der Waals surface area contributed by atoms with Crippen LogP contribution >= 0.6 is 11.6 Å². The van der Waals surface area contributed by atoms with Crippen LogP contribution in [-0.2, 0) is 9.53 Å². The van der Waals surface area contributed by atoms with Gasteiger partial charge in [0.1, 0.15) is 10.6 Å². The summed E-state index contributed by atoms with van der Waals surface area (Å²) in [6.45, 7) is 0. The van der Waals surface area contributed by atoms with Crippen LogP contribution < -0.4 is 10.7 Å². The number of nitrogens with one attached hydrogen (secondary N) is 1. The molecule has 0 saturated heterocycles. The minimum Gasteiger partial charge on any atom is -0.449 e. The summed E-state index contributed by atoms with van der Waals surface area (Å²) in [7, 11) is 0.